The lowest BCUT2D eigenvalue weighted by Crippen LogP contribution is -2.36. The van der Waals surface area contributed by atoms with E-state index in [9.17, 15) is 9.00 Å². The van der Waals surface area contributed by atoms with Crippen LogP contribution in [0, 0.1) is 0 Å². The summed E-state index contributed by atoms with van der Waals surface area (Å²) in [6.07, 6.45) is 0.999. The normalized spacial score (nSPS) is 14.2. The van der Waals surface area contributed by atoms with Crippen LogP contribution in [-0.4, -0.2) is 30.6 Å². The summed E-state index contributed by atoms with van der Waals surface area (Å²) in [7, 11) is -1.44. The maximum atomic E-state index is 13.0. The summed E-state index contributed by atoms with van der Waals surface area (Å²) < 4.78 is 21.8. The summed E-state index contributed by atoms with van der Waals surface area (Å²) in [6, 6.07) is 6.39. The number of aromatic nitrogens is 2. The second-order valence-electron chi connectivity index (χ2n) is 9.29. The number of rotatable bonds is 5. The molecule has 0 fully saturated rings. The van der Waals surface area contributed by atoms with Gasteiger partial charge in [-0.1, -0.05) is 23.2 Å². The van der Waals surface area contributed by atoms with Gasteiger partial charge in [0.25, 0.3) is 0 Å². The number of halogens is 2. The van der Waals surface area contributed by atoms with Gasteiger partial charge in [-0.05, 0) is 71.2 Å². The Balaban J connectivity index is 2.05. The number of carbonyl (C=O) groups excluding carboxylic acids is 1. The highest BCUT2D eigenvalue weighted by molar-refractivity contribution is 7.84. The molecule has 0 bridgehead atoms. The topological polar surface area (TPSA) is 93.2 Å². The number of nitrogens with one attached hydrogen (secondary N) is 2. The van der Waals surface area contributed by atoms with Gasteiger partial charge >= 0.3 is 6.09 Å². The molecule has 178 valence electrons. The number of ether oxygens (including phenoxy) is 1. The van der Waals surface area contributed by atoms with Gasteiger partial charge in [0.15, 0.2) is 0 Å². The molecular weight excluding hydrogens is 503 g/mol. The van der Waals surface area contributed by atoms with E-state index in [4.69, 9.17) is 27.9 Å². The number of hydrogen-bond donors (Lipinski definition) is 2. The number of amides is 1. The van der Waals surface area contributed by atoms with Crippen LogP contribution in [0.15, 0.2) is 30.5 Å². The van der Waals surface area contributed by atoms with Gasteiger partial charge in [-0.15, -0.1) is 11.3 Å². The molecule has 1 amide bonds. The fourth-order valence-corrected chi connectivity index (χ4v) is 5.23. The summed E-state index contributed by atoms with van der Waals surface area (Å²) in [4.78, 5) is 21.7. The first-order chi connectivity index (χ1) is 15.2. The van der Waals surface area contributed by atoms with Crippen molar-refractivity contribution in [1.29, 1.82) is 0 Å². The van der Waals surface area contributed by atoms with Crippen LogP contribution in [0.4, 0.5) is 10.6 Å². The molecule has 33 heavy (non-hydrogen) atoms. The lowest BCUT2D eigenvalue weighted by molar-refractivity contribution is 0.0635. The largest absolute Gasteiger partial charge is 0.444 e. The van der Waals surface area contributed by atoms with Crippen molar-refractivity contribution in [3.05, 3.63) is 51.2 Å². The van der Waals surface area contributed by atoms with Gasteiger partial charge in [-0.3, -0.25) is 5.32 Å². The summed E-state index contributed by atoms with van der Waals surface area (Å²) in [5.74, 6) is 0.262. The lowest BCUT2D eigenvalue weighted by Gasteiger charge is -2.24. The molecule has 2 atom stereocenters. The average Bonchev–Trinajstić information content (AvgIpc) is 3.11. The highest BCUT2D eigenvalue weighted by Crippen LogP contribution is 2.38. The Bertz CT molecular complexity index is 1200. The molecule has 2 N–H and O–H groups in total. The zero-order valence-electron chi connectivity index (χ0n) is 19.2. The molecule has 11 heteroatoms. The molecule has 3 rings (SSSR count). The van der Waals surface area contributed by atoms with Crippen LogP contribution in [0.1, 0.15) is 58.2 Å². The Morgan fingerprint density at radius 1 is 1.15 bits per heavy atom. The summed E-state index contributed by atoms with van der Waals surface area (Å²) in [5, 5.41) is 4.28. The minimum Gasteiger partial charge on any atom is -0.444 e. The zero-order valence-corrected chi connectivity index (χ0v) is 22.3. The van der Waals surface area contributed by atoms with E-state index >= 15 is 0 Å². The van der Waals surface area contributed by atoms with Crippen LogP contribution < -0.4 is 10.0 Å². The van der Waals surface area contributed by atoms with Gasteiger partial charge in [0.05, 0.1) is 37.2 Å². The molecule has 1 unspecified atom stereocenters. The van der Waals surface area contributed by atoms with Gasteiger partial charge in [0.1, 0.15) is 16.6 Å². The molecule has 3 aromatic rings. The second kappa shape index (κ2) is 9.84. The van der Waals surface area contributed by atoms with E-state index < -0.39 is 33.5 Å². The molecule has 7 nitrogen and oxygen atoms in total. The summed E-state index contributed by atoms with van der Waals surface area (Å²) in [5.41, 5.74) is -0.240. The third kappa shape index (κ3) is 6.64. The van der Waals surface area contributed by atoms with Crippen molar-refractivity contribution in [3.8, 4) is 0 Å². The molecular formula is C22H26Cl2N4O3S2. The molecule has 0 aliphatic carbocycles. The van der Waals surface area contributed by atoms with E-state index in [1.165, 1.54) is 11.3 Å². The Labute approximate surface area is 209 Å². The molecule has 0 aliphatic heterocycles. The van der Waals surface area contributed by atoms with Crippen molar-refractivity contribution < 1.29 is 13.7 Å². The number of nitrogens with zero attached hydrogens (tertiary/aromatic N) is 2. The van der Waals surface area contributed by atoms with Crippen LogP contribution in [0.25, 0.3) is 10.1 Å². The third-order valence-corrected chi connectivity index (χ3v) is 7.75. The molecule has 0 spiro atoms. The van der Waals surface area contributed by atoms with Gasteiger partial charge < -0.3 is 4.74 Å². The minimum atomic E-state index is -1.44. The number of fused-ring (bicyclic) bond motifs is 1. The third-order valence-electron chi connectivity index (χ3n) is 4.25. The van der Waals surface area contributed by atoms with E-state index in [0.717, 1.165) is 15.0 Å². The first-order valence-corrected chi connectivity index (χ1v) is 12.9. The van der Waals surface area contributed by atoms with E-state index in [0.29, 0.717) is 15.9 Å². The standard InChI is InChI=1S/C22H26Cl2N4O3S2/c1-21(2,3)31-20(29)27-15-8-7-13(23)16(26-15)17(28-33(30)22(4,5)6)14-11-12-9-10-25-19(24)18(12)32-14/h7-11,17,28H,1-6H3,(H,26,27,29)/t17?,33-/m0/s1. The lowest BCUT2D eigenvalue weighted by atomic mass is 10.1. The van der Waals surface area contributed by atoms with Crippen molar-refractivity contribution in [2.75, 3.05) is 5.32 Å². The maximum absolute atomic E-state index is 13.0. The van der Waals surface area contributed by atoms with Crippen molar-refractivity contribution >= 4 is 67.5 Å². The molecule has 0 radical (unpaired) electrons. The van der Waals surface area contributed by atoms with Crippen molar-refractivity contribution in [2.24, 2.45) is 0 Å². The predicted molar refractivity (Wildman–Crippen MR) is 137 cm³/mol. The molecule has 0 saturated heterocycles. The smallest absolute Gasteiger partial charge is 0.413 e. The average molecular weight is 530 g/mol. The Hall–Kier alpha value is -1.78. The summed E-state index contributed by atoms with van der Waals surface area (Å²) >= 11 is 14.2. The molecule has 0 aromatic carbocycles. The number of hydrogen-bond acceptors (Lipinski definition) is 6. The number of anilines is 1. The Morgan fingerprint density at radius 2 is 1.85 bits per heavy atom. The van der Waals surface area contributed by atoms with E-state index in [1.54, 1.807) is 39.1 Å². The number of carbonyl (C=O) groups is 1. The maximum Gasteiger partial charge on any atom is 0.413 e. The monoisotopic (exact) mass is 528 g/mol. The number of pyridine rings is 2. The van der Waals surface area contributed by atoms with Crippen molar-refractivity contribution in [2.45, 2.75) is 57.9 Å². The van der Waals surface area contributed by atoms with Crippen LogP contribution in [0.2, 0.25) is 10.2 Å². The van der Waals surface area contributed by atoms with Gasteiger partial charge in [-0.25, -0.2) is 23.7 Å². The highest BCUT2D eigenvalue weighted by Gasteiger charge is 2.29. The van der Waals surface area contributed by atoms with Gasteiger partial charge in [0.2, 0.25) is 0 Å². The fourth-order valence-electron chi connectivity index (χ4n) is 2.76. The van der Waals surface area contributed by atoms with E-state index in [-0.39, 0.29) is 5.82 Å². The summed E-state index contributed by atoms with van der Waals surface area (Å²) in [6.45, 7) is 10.9. The quantitative estimate of drug-likeness (QED) is 0.369. The van der Waals surface area contributed by atoms with Gasteiger partial charge in [0, 0.05) is 11.1 Å². The predicted octanol–water partition coefficient (Wildman–Crippen LogP) is 6.49. The van der Waals surface area contributed by atoms with Crippen LogP contribution in [0.3, 0.4) is 0 Å². The fraction of sp³-hybridized carbons (Fsp3) is 0.409. The van der Waals surface area contributed by atoms with E-state index in [2.05, 4.69) is 20.0 Å². The molecule has 3 aromatic heterocycles. The first kappa shape index (κ1) is 25.8. The van der Waals surface area contributed by atoms with Crippen molar-refractivity contribution in [3.63, 3.8) is 0 Å². The van der Waals surface area contributed by atoms with Gasteiger partial charge in [-0.2, -0.15) is 0 Å². The Morgan fingerprint density at radius 3 is 2.45 bits per heavy atom. The highest BCUT2D eigenvalue weighted by atomic mass is 35.5. The van der Waals surface area contributed by atoms with E-state index in [1.807, 2.05) is 32.9 Å². The first-order valence-electron chi connectivity index (χ1n) is 10.1. The van der Waals surface area contributed by atoms with Crippen molar-refractivity contribution in [1.82, 2.24) is 14.7 Å². The van der Waals surface area contributed by atoms with Crippen LogP contribution in [-0.2, 0) is 15.7 Å². The second-order valence-corrected chi connectivity index (χ2v) is 13.1. The zero-order chi connectivity index (χ0) is 24.6. The Kier molecular flexibility index (Phi) is 7.70. The van der Waals surface area contributed by atoms with Crippen LogP contribution in [0.5, 0.6) is 0 Å². The minimum absolute atomic E-state index is 0.262. The molecule has 0 aliphatic rings. The molecule has 3 heterocycles. The SMILES string of the molecule is CC(C)(C)OC(=O)Nc1ccc(Cl)c(C(N[S@@](=O)C(C)(C)C)c2cc3ccnc(Cl)c3s2)n1. The van der Waals surface area contributed by atoms with Crippen LogP contribution >= 0.6 is 34.5 Å². The molecule has 0 saturated carbocycles. The number of thiophene rings is 1.